The van der Waals surface area contributed by atoms with Crippen molar-refractivity contribution in [3.63, 3.8) is 0 Å². The number of hydrogen-bond donors (Lipinski definition) is 1. The van der Waals surface area contributed by atoms with Crippen molar-refractivity contribution >= 4 is 34.3 Å². The van der Waals surface area contributed by atoms with Gasteiger partial charge in [-0.1, -0.05) is 24.4 Å². The molecule has 0 aliphatic heterocycles. The number of rotatable bonds is 8. The third-order valence-corrected chi connectivity index (χ3v) is 4.70. The van der Waals surface area contributed by atoms with E-state index in [1.165, 1.54) is 24.3 Å². The quantitative estimate of drug-likeness (QED) is 0.236. The highest BCUT2D eigenvalue weighted by molar-refractivity contribution is 7.81. The van der Waals surface area contributed by atoms with Gasteiger partial charge >= 0.3 is 6.61 Å². The van der Waals surface area contributed by atoms with E-state index in [0.29, 0.717) is 12.3 Å². The van der Waals surface area contributed by atoms with Gasteiger partial charge in [-0.05, 0) is 67.6 Å². The van der Waals surface area contributed by atoms with Gasteiger partial charge in [-0.3, -0.25) is 0 Å². The number of ether oxygens (including phenoxy) is 2. The molecule has 0 bridgehead atoms. The molecular weight excluding hydrogens is 434 g/mol. The molecule has 0 saturated carbocycles. The molecule has 1 heterocycles. The maximum atomic E-state index is 13.4. The Bertz CT molecular complexity index is 1100. The van der Waals surface area contributed by atoms with E-state index >= 15 is 0 Å². The monoisotopic (exact) mass is 456 g/mol. The lowest BCUT2D eigenvalue weighted by molar-refractivity contribution is -0.578. The minimum absolute atomic E-state index is 0.0311. The fourth-order valence-electron chi connectivity index (χ4n) is 2.99. The summed E-state index contributed by atoms with van der Waals surface area (Å²) in [6.07, 6.45) is 3.51. The number of benzene rings is 2. The van der Waals surface area contributed by atoms with Crippen LogP contribution in [0, 0.1) is 6.92 Å². The predicted molar refractivity (Wildman–Crippen MR) is 121 cm³/mol. The van der Waals surface area contributed by atoms with Crippen molar-refractivity contribution in [1.29, 1.82) is 0 Å². The van der Waals surface area contributed by atoms with Gasteiger partial charge in [0, 0.05) is 17.3 Å². The number of alkyl halides is 2. The lowest BCUT2D eigenvalue weighted by atomic mass is 10.1. The minimum atomic E-state index is -2.94. The van der Waals surface area contributed by atoms with Crippen LogP contribution >= 0.6 is 12.2 Å². The summed E-state index contributed by atoms with van der Waals surface area (Å²) in [7, 11) is 0. The molecule has 2 aromatic carbocycles. The standard InChI is InChI=1S/C24H22F2N2O3S/c1-3-30-19-12-8-18(9-13-19)27-23(32)21(28-14-4-5-16(2)15-28)22(29)17-6-10-20(11-7-17)31-24(25)26/h4-15,24H,3H2,1-2H3,(H-,27,29,32). The van der Waals surface area contributed by atoms with Crippen molar-refractivity contribution in [1.82, 2.24) is 0 Å². The van der Waals surface area contributed by atoms with Gasteiger partial charge in [-0.2, -0.15) is 13.3 Å². The first-order valence-corrected chi connectivity index (χ1v) is 10.3. The molecule has 5 nitrogen and oxygen atoms in total. The number of nitrogens with zero attached hydrogens (tertiary/aromatic N) is 1. The molecule has 3 aromatic rings. The Morgan fingerprint density at radius 1 is 1.06 bits per heavy atom. The van der Waals surface area contributed by atoms with Gasteiger partial charge in [0.15, 0.2) is 17.4 Å². The van der Waals surface area contributed by atoms with Crippen LogP contribution in [0.25, 0.3) is 11.5 Å². The van der Waals surface area contributed by atoms with E-state index in [1.54, 1.807) is 41.2 Å². The second-order valence-electron chi connectivity index (χ2n) is 6.78. The van der Waals surface area contributed by atoms with Crippen molar-refractivity contribution in [3.05, 3.63) is 84.2 Å². The molecule has 1 N–H and O–H groups in total. The Morgan fingerprint density at radius 2 is 1.72 bits per heavy atom. The fourth-order valence-corrected chi connectivity index (χ4v) is 3.30. The van der Waals surface area contributed by atoms with Gasteiger partial charge in [0.25, 0.3) is 0 Å². The fraction of sp³-hybridized carbons (Fsp3) is 0.167. The van der Waals surface area contributed by atoms with Crippen molar-refractivity contribution in [3.8, 4) is 11.5 Å². The molecule has 0 unspecified atom stereocenters. The van der Waals surface area contributed by atoms with E-state index in [9.17, 15) is 13.9 Å². The molecule has 8 heteroatoms. The largest absolute Gasteiger partial charge is 0.867 e. The summed E-state index contributed by atoms with van der Waals surface area (Å²) < 4.78 is 36.3. The molecule has 0 radical (unpaired) electrons. The summed E-state index contributed by atoms with van der Waals surface area (Å²) in [5, 5.41) is 16.5. The number of anilines is 1. The molecule has 32 heavy (non-hydrogen) atoms. The number of thiocarbonyl (C=S) groups is 1. The average Bonchev–Trinajstić information content (AvgIpc) is 2.75. The van der Waals surface area contributed by atoms with Crippen LogP contribution in [0.15, 0.2) is 73.1 Å². The van der Waals surface area contributed by atoms with Crippen LogP contribution in [0.3, 0.4) is 0 Å². The lowest BCUT2D eigenvalue weighted by Crippen LogP contribution is -2.40. The average molecular weight is 457 g/mol. The second-order valence-corrected chi connectivity index (χ2v) is 7.19. The van der Waals surface area contributed by atoms with Crippen LogP contribution in [0.1, 0.15) is 18.1 Å². The number of pyridine rings is 1. The first-order valence-electron chi connectivity index (χ1n) is 9.86. The zero-order valence-electron chi connectivity index (χ0n) is 17.5. The minimum Gasteiger partial charge on any atom is -0.867 e. The van der Waals surface area contributed by atoms with Gasteiger partial charge in [0.05, 0.1) is 6.61 Å². The Hall–Kier alpha value is -3.52. The number of hydrogen-bond acceptors (Lipinski definition) is 4. The molecule has 0 aliphatic rings. The number of halogens is 2. The summed E-state index contributed by atoms with van der Waals surface area (Å²) >= 11 is 5.58. The molecular formula is C24H22F2N2O3S. The van der Waals surface area contributed by atoms with Crippen LogP contribution in [0.2, 0.25) is 0 Å². The lowest BCUT2D eigenvalue weighted by Gasteiger charge is -2.17. The Labute approximate surface area is 190 Å². The Morgan fingerprint density at radius 3 is 2.31 bits per heavy atom. The molecule has 0 amide bonds. The van der Waals surface area contributed by atoms with E-state index in [0.717, 1.165) is 11.3 Å². The highest BCUT2D eigenvalue weighted by Gasteiger charge is 2.19. The number of nitrogens with one attached hydrogen (secondary N) is 1. The van der Waals surface area contributed by atoms with E-state index in [-0.39, 0.29) is 27.8 Å². The molecule has 0 aliphatic carbocycles. The maximum absolute atomic E-state index is 13.4. The van der Waals surface area contributed by atoms with Crippen molar-refractivity contribution in [2.75, 3.05) is 11.9 Å². The van der Waals surface area contributed by atoms with Crippen LogP contribution in [0.4, 0.5) is 14.5 Å². The first kappa shape index (κ1) is 23.1. The maximum Gasteiger partial charge on any atom is 0.387 e. The highest BCUT2D eigenvalue weighted by Crippen LogP contribution is 2.22. The van der Waals surface area contributed by atoms with Crippen LogP contribution in [-0.4, -0.2) is 18.2 Å². The molecule has 0 atom stereocenters. The normalized spacial score (nSPS) is 11.7. The van der Waals surface area contributed by atoms with Gasteiger partial charge < -0.3 is 19.9 Å². The topological polar surface area (TPSA) is 57.4 Å². The molecule has 0 spiro atoms. The smallest absolute Gasteiger partial charge is 0.387 e. The third-order valence-electron chi connectivity index (χ3n) is 4.40. The number of aromatic nitrogens is 1. The summed E-state index contributed by atoms with van der Waals surface area (Å²) in [5.41, 5.74) is 2.13. The molecule has 0 saturated heterocycles. The SMILES string of the molecule is CCOc1ccc(NC(=S)C(=C([O-])c2ccc(OC(F)F)cc2)[n+]2cccc(C)c2)cc1. The van der Waals surface area contributed by atoms with Gasteiger partial charge in [0.2, 0.25) is 5.70 Å². The third kappa shape index (κ3) is 6.01. The van der Waals surface area contributed by atoms with E-state index in [4.69, 9.17) is 17.0 Å². The van der Waals surface area contributed by atoms with E-state index < -0.39 is 6.61 Å². The van der Waals surface area contributed by atoms with Crippen molar-refractivity contribution in [2.24, 2.45) is 0 Å². The van der Waals surface area contributed by atoms with E-state index in [2.05, 4.69) is 10.1 Å². The molecule has 1 aromatic heterocycles. The number of aryl methyl sites for hydroxylation is 1. The Kier molecular flexibility index (Phi) is 7.72. The predicted octanol–water partition coefficient (Wildman–Crippen LogP) is 4.41. The molecule has 3 rings (SSSR count). The zero-order chi connectivity index (χ0) is 23.1. The van der Waals surface area contributed by atoms with Gasteiger partial charge in [-0.25, -0.2) is 0 Å². The second kappa shape index (κ2) is 10.7. The van der Waals surface area contributed by atoms with Crippen molar-refractivity contribution in [2.45, 2.75) is 20.5 Å². The zero-order valence-corrected chi connectivity index (χ0v) is 18.4. The highest BCUT2D eigenvalue weighted by atomic mass is 32.1. The van der Waals surface area contributed by atoms with Crippen LogP contribution in [-0.2, 0) is 0 Å². The summed E-state index contributed by atoms with van der Waals surface area (Å²) in [6, 6.07) is 16.4. The molecule has 0 fully saturated rings. The van der Waals surface area contributed by atoms with Crippen LogP contribution < -0.4 is 24.5 Å². The van der Waals surface area contributed by atoms with E-state index in [1.807, 2.05) is 26.0 Å². The van der Waals surface area contributed by atoms with Gasteiger partial charge in [0.1, 0.15) is 11.5 Å². The summed E-state index contributed by atoms with van der Waals surface area (Å²) in [4.78, 5) is 0.211. The van der Waals surface area contributed by atoms with Crippen molar-refractivity contribution < 1.29 is 27.9 Å². The van der Waals surface area contributed by atoms with Crippen LogP contribution in [0.5, 0.6) is 11.5 Å². The summed E-state index contributed by atoms with van der Waals surface area (Å²) in [6.45, 7) is 1.42. The van der Waals surface area contributed by atoms with Gasteiger partial charge in [-0.15, -0.1) is 0 Å². The molecule has 166 valence electrons. The summed E-state index contributed by atoms with van der Waals surface area (Å²) in [5.74, 6) is 0.326. The Balaban J connectivity index is 1.96. The first-order chi connectivity index (χ1) is 15.4.